The first-order chi connectivity index (χ1) is 13.5. The number of aliphatic hydroxyl groups is 1. The van der Waals surface area contributed by atoms with Crippen LogP contribution in [0.4, 0.5) is 4.79 Å². The van der Waals surface area contributed by atoms with Crippen LogP contribution >= 0.6 is 23.5 Å². The van der Waals surface area contributed by atoms with Crippen LogP contribution in [0, 0.1) is 5.92 Å². The molecule has 2 fully saturated rings. The number of nitrogens with one attached hydrogen (secondary N) is 1. The molecule has 7 nitrogen and oxygen atoms in total. The van der Waals surface area contributed by atoms with E-state index in [1.165, 1.54) is 12.5 Å². The van der Waals surface area contributed by atoms with Crippen molar-refractivity contribution in [2.75, 3.05) is 19.1 Å². The molecule has 1 aliphatic heterocycles. The SMILES string of the molecule is COC1C(NC(=O)N(Cl)C(C)=O)CCC(O)(CSC)C1C1(C)OC1CC=C(C)C. The minimum atomic E-state index is -0.989. The molecule has 3 amide bonds. The van der Waals surface area contributed by atoms with Gasteiger partial charge in [0.05, 0.1) is 23.9 Å². The summed E-state index contributed by atoms with van der Waals surface area (Å²) in [5, 5.41) is 14.4. The summed E-state index contributed by atoms with van der Waals surface area (Å²) in [7, 11) is 1.57. The molecule has 2 aliphatic rings. The van der Waals surface area contributed by atoms with E-state index in [9.17, 15) is 14.7 Å². The zero-order valence-electron chi connectivity index (χ0n) is 18.0. The quantitative estimate of drug-likeness (QED) is 0.353. The average molecular weight is 449 g/mol. The fourth-order valence-corrected chi connectivity index (χ4v) is 5.39. The Balaban J connectivity index is 2.28. The second-order valence-electron chi connectivity index (χ2n) is 8.42. The van der Waals surface area contributed by atoms with Crippen LogP contribution in [0.3, 0.4) is 0 Å². The van der Waals surface area contributed by atoms with E-state index in [0.29, 0.717) is 23.0 Å². The van der Waals surface area contributed by atoms with E-state index in [0.717, 1.165) is 6.42 Å². The molecule has 6 atom stereocenters. The van der Waals surface area contributed by atoms with Crippen molar-refractivity contribution in [3.8, 4) is 0 Å². The molecule has 0 spiro atoms. The molecule has 0 radical (unpaired) electrons. The zero-order chi connectivity index (χ0) is 22.0. The van der Waals surface area contributed by atoms with Crippen LogP contribution < -0.4 is 5.32 Å². The normalized spacial score (nSPS) is 36.3. The average Bonchev–Trinajstić information content (AvgIpc) is 3.31. The van der Waals surface area contributed by atoms with Crippen LogP contribution in [0.1, 0.15) is 47.0 Å². The molecule has 1 aliphatic carbocycles. The van der Waals surface area contributed by atoms with Crippen molar-refractivity contribution in [3.05, 3.63) is 11.6 Å². The summed E-state index contributed by atoms with van der Waals surface area (Å²) in [5.41, 5.74) is -0.343. The third-order valence-corrected chi connectivity index (χ3v) is 7.14. The van der Waals surface area contributed by atoms with Gasteiger partial charge in [0.1, 0.15) is 5.60 Å². The van der Waals surface area contributed by atoms with Crippen molar-refractivity contribution in [1.29, 1.82) is 0 Å². The number of carbonyl (C=O) groups excluding carboxylic acids is 2. The highest BCUT2D eigenvalue weighted by molar-refractivity contribution is 7.98. The molecule has 9 heteroatoms. The van der Waals surface area contributed by atoms with Crippen molar-refractivity contribution in [2.24, 2.45) is 5.92 Å². The third-order valence-electron chi connectivity index (χ3n) is 5.96. The first kappa shape index (κ1) is 24.5. The lowest BCUT2D eigenvalue weighted by molar-refractivity contribution is -0.138. The number of carbonyl (C=O) groups is 2. The fourth-order valence-electron chi connectivity index (χ4n) is 4.52. The van der Waals surface area contributed by atoms with Crippen molar-refractivity contribution in [3.63, 3.8) is 0 Å². The lowest BCUT2D eigenvalue weighted by Crippen LogP contribution is -2.64. The van der Waals surface area contributed by atoms with E-state index in [-0.39, 0.29) is 12.0 Å². The first-order valence-corrected chi connectivity index (χ1v) is 11.6. The molecular weight excluding hydrogens is 416 g/mol. The van der Waals surface area contributed by atoms with Gasteiger partial charge < -0.3 is 19.9 Å². The van der Waals surface area contributed by atoms with Gasteiger partial charge in [0, 0.05) is 37.5 Å². The molecule has 1 saturated heterocycles. The van der Waals surface area contributed by atoms with Gasteiger partial charge in [-0.2, -0.15) is 16.2 Å². The van der Waals surface area contributed by atoms with E-state index in [1.807, 2.05) is 27.0 Å². The Hall–Kier alpha value is -0.800. The third kappa shape index (κ3) is 5.28. The highest BCUT2D eigenvalue weighted by Gasteiger charge is 2.67. The largest absolute Gasteiger partial charge is 0.389 e. The summed E-state index contributed by atoms with van der Waals surface area (Å²) in [6.07, 6.45) is 5.34. The van der Waals surface area contributed by atoms with Gasteiger partial charge in [-0.1, -0.05) is 11.6 Å². The lowest BCUT2D eigenvalue weighted by Gasteiger charge is -2.49. The van der Waals surface area contributed by atoms with Crippen molar-refractivity contribution < 1.29 is 24.2 Å². The van der Waals surface area contributed by atoms with Crippen LogP contribution in [0.25, 0.3) is 0 Å². The van der Waals surface area contributed by atoms with E-state index < -0.39 is 35.3 Å². The number of nitrogens with zero attached hydrogens (tertiary/aromatic N) is 1. The molecule has 0 aromatic rings. The molecule has 0 bridgehead atoms. The van der Waals surface area contributed by atoms with Crippen LogP contribution in [0.5, 0.6) is 0 Å². The molecule has 29 heavy (non-hydrogen) atoms. The van der Waals surface area contributed by atoms with Crippen LogP contribution in [0.15, 0.2) is 11.6 Å². The number of ether oxygens (including phenoxy) is 2. The van der Waals surface area contributed by atoms with Gasteiger partial charge >= 0.3 is 6.03 Å². The smallest absolute Gasteiger partial charge is 0.339 e. The number of methoxy groups -OCH3 is 1. The summed E-state index contributed by atoms with van der Waals surface area (Å²) in [6, 6.07) is -1.09. The second kappa shape index (κ2) is 9.56. The van der Waals surface area contributed by atoms with E-state index in [4.69, 9.17) is 21.3 Å². The van der Waals surface area contributed by atoms with Crippen molar-refractivity contribution in [2.45, 2.75) is 76.4 Å². The van der Waals surface area contributed by atoms with Crippen LogP contribution in [-0.4, -0.2) is 70.0 Å². The number of urea groups is 1. The van der Waals surface area contributed by atoms with Gasteiger partial charge in [-0.3, -0.25) is 4.79 Å². The molecule has 0 aromatic heterocycles. The van der Waals surface area contributed by atoms with Gasteiger partial charge in [0.25, 0.3) is 0 Å². The van der Waals surface area contributed by atoms with Gasteiger partial charge in [0.2, 0.25) is 5.91 Å². The topological polar surface area (TPSA) is 91.4 Å². The fraction of sp³-hybridized carbons (Fsp3) is 0.800. The molecule has 166 valence electrons. The molecule has 2 rings (SSSR count). The number of thioether (sulfide) groups is 1. The molecular formula is C20H33ClN2O5S. The number of epoxide rings is 1. The van der Waals surface area contributed by atoms with Gasteiger partial charge in [-0.25, -0.2) is 4.79 Å². The van der Waals surface area contributed by atoms with Crippen molar-refractivity contribution >= 4 is 35.5 Å². The Labute approximate surface area is 182 Å². The van der Waals surface area contributed by atoms with Crippen molar-refractivity contribution in [1.82, 2.24) is 9.74 Å². The molecule has 1 heterocycles. The van der Waals surface area contributed by atoms with Gasteiger partial charge in [0.15, 0.2) is 0 Å². The minimum absolute atomic E-state index is 0.0235. The highest BCUT2D eigenvalue weighted by atomic mass is 35.5. The van der Waals surface area contributed by atoms with E-state index >= 15 is 0 Å². The number of hydrogen-bond acceptors (Lipinski definition) is 6. The predicted octanol–water partition coefficient (Wildman–Crippen LogP) is 3.10. The Morgan fingerprint density at radius 2 is 2.07 bits per heavy atom. The number of allylic oxidation sites excluding steroid dienone is 1. The van der Waals surface area contributed by atoms with E-state index in [1.54, 1.807) is 18.9 Å². The van der Waals surface area contributed by atoms with Crippen LogP contribution in [-0.2, 0) is 14.3 Å². The standard InChI is InChI=1S/C20H33ClN2O5S/c1-12(2)7-8-15-19(4,28-15)17-16(27-5)14(9-10-20(17,26)11-29-6)22-18(25)23(21)13(3)24/h7,14-17,26H,8-11H2,1-6H3,(H,22,25). The summed E-state index contributed by atoms with van der Waals surface area (Å²) in [6.45, 7) is 7.31. The Kier molecular flexibility index (Phi) is 8.06. The maximum Gasteiger partial charge on any atom is 0.339 e. The summed E-state index contributed by atoms with van der Waals surface area (Å²) in [5.74, 6) is -0.367. The van der Waals surface area contributed by atoms with Crippen LogP contribution in [0.2, 0.25) is 0 Å². The molecule has 2 N–H and O–H groups in total. The summed E-state index contributed by atoms with van der Waals surface area (Å²) < 4.78 is 12.4. The number of imide groups is 1. The predicted molar refractivity (Wildman–Crippen MR) is 115 cm³/mol. The number of halogens is 1. The number of hydrogen-bond donors (Lipinski definition) is 2. The maximum atomic E-state index is 12.3. The monoisotopic (exact) mass is 448 g/mol. The van der Waals surface area contributed by atoms with E-state index in [2.05, 4.69) is 11.4 Å². The minimum Gasteiger partial charge on any atom is -0.389 e. The molecule has 1 saturated carbocycles. The summed E-state index contributed by atoms with van der Waals surface area (Å²) in [4.78, 5) is 23.7. The maximum absolute atomic E-state index is 12.3. The van der Waals surface area contributed by atoms with Gasteiger partial charge in [-0.05, 0) is 46.3 Å². The number of amides is 3. The lowest BCUT2D eigenvalue weighted by atomic mass is 9.65. The Bertz CT molecular complexity index is 659. The second-order valence-corrected chi connectivity index (χ2v) is 9.62. The Morgan fingerprint density at radius 3 is 2.59 bits per heavy atom. The molecule has 6 unspecified atom stereocenters. The molecule has 0 aromatic carbocycles. The highest BCUT2D eigenvalue weighted by Crippen LogP contribution is 2.54. The zero-order valence-corrected chi connectivity index (χ0v) is 19.6. The first-order valence-electron chi connectivity index (χ1n) is 9.82. The van der Waals surface area contributed by atoms with Gasteiger partial charge in [-0.15, -0.1) is 0 Å². The summed E-state index contributed by atoms with van der Waals surface area (Å²) >= 11 is 7.34. The Morgan fingerprint density at radius 1 is 1.41 bits per heavy atom. The number of rotatable bonds is 7.